The molecule has 0 radical (unpaired) electrons. The van der Waals surface area contributed by atoms with Crippen LogP contribution in [-0.2, 0) is 12.8 Å². The van der Waals surface area contributed by atoms with Crippen LogP contribution in [0, 0.1) is 0 Å². The molecule has 4 rings (SSSR count). The minimum absolute atomic E-state index is 0.234. The summed E-state index contributed by atoms with van der Waals surface area (Å²) in [5.41, 5.74) is 2.64. The second-order valence-electron chi connectivity index (χ2n) is 5.82. The number of halogens is 2. The molecule has 0 aliphatic heterocycles. The highest BCUT2D eigenvalue weighted by Gasteiger charge is 2.29. The molecule has 1 N–H and O–H groups in total. The smallest absolute Gasteiger partial charge is 0.115 e. The van der Waals surface area contributed by atoms with Gasteiger partial charge in [0, 0.05) is 19.9 Å². The van der Waals surface area contributed by atoms with Gasteiger partial charge in [0.1, 0.15) is 5.01 Å². The van der Waals surface area contributed by atoms with Gasteiger partial charge in [0.15, 0.2) is 0 Å². The van der Waals surface area contributed by atoms with Gasteiger partial charge in [0.2, 0.25) is 0 Å². The second kappa shape index (κ2) is 5.76. The van der Waals surface area contributed by atoms with E-state index in [-0.39, 0.29) is 6.04 Å². The molecule has 21 heavy (non-hydrogen) atoms. The number of benzene rings is 1. The van der Waals surface area contributed by atoms with Gasteiger partial charge in [-0.2, -0.15) is 0 Å². The average Bonchev–Trinajstić information content (AvgIpc) is 3.03. The molecule has 1 unspecified atom stereocenters. The first kappa shape index (κ1) is 14.4. The van der Waals surface area contributed by atoms with Gasteiger partial charge in [-0.15, -0.1) is 11.3 Å². The molecule has 2 aliphatic carbocycles. The molecule has 0 bridgehead atoms. The minimum atomic E-state index is 0.234. The quantitative estimate of drug-likeness (QED) is 0.742. The highest BCUT2D eigenvalue weighted by Crippen LogP contribution is 2.37. The van der Waals surface area contributed by atoms with Crippen molar-refractivity contribution in [2.24, 2.45) is 0 Å². The van der Waals surface area contributed by atoms with Crippen molar-refractivity contribution < 1.29 is 0 Å². The lowest BCUT2D eigenvalue weighted by Gasteiger charge is -2.17. The van der Waals surface area contributed by atoms with Gasteiger partial charge >= 0.3 is 0 Å². The number of nitrogens with one attached hydrogen (secondary N) is 1. The van der Waals surface area contributed by atoms with E-state index in [2.05, 4.69) is 55.4 Å². The van der Waals surface area contributed by atoms with Crippen LogP contribution in [0.2, 0.25) is 0 Å². The van der Waals surface area contributed by atoms with E-state index < -0.39 is 0 Å². The number of hydrogen-bond donors (Lipinski definition) is 1. The number of hydrogen-bond acceptors (Lipinski definition) is 3. The molecule has 2 nitrogen and oxygen atoms in total. The van der Waals surface area contributed by atoms with E-state index >= 15 is 0 Å². The summed E-state index contributed by atoms with van der Waals surface area (Å²) in [6, 6.07) is 7.41. The van der Waals surface area contributed by atoms with Crippen LogP contribution in [0.15, 0.2) is 27.1 Å². The SMILES string of the molecule is Brc1ccc(C(NC2CC2)c2nc3c(s2)CCC3)cc1Br. The third kappa shape index (κ3) is 2.98. The Balaban J connectivity index is 1.70. The molecule has 1 atom stereocenters. The third-order valence-corrected chi connectivity index (χ3v) is 7.22. The Morgan fingerprint density at radius 1 is 1.19 bits per heavy atom. The summed E-state index contributed by atoms with van der Waals surface area (Å²) in [6.45, 7) is 0. The van der Waals surface area contributed by atoms with Crippen LogP contribution < -0.4 is 5.32 Å². The second-order valence-corrected chi connectivity index (χ2v) is 8.65. The summed E-state index contributed by atoms with van der Waals surface area (Å²) in [5, 5.41) is 5.01. The molecule has 2 aliphatic rings. The first-order valence-electron chi connectivity index (χ1n) is 7.40. The summed E-state index contributed by atoms with van der Waals surface area (Å²) < 4.78 is 2.20. The van der Waals surface area contributed by atoms with E-state index in [0.717, 1.165) is 15.4 Å². The van der Waals surface area contributed by atoms with Crippen molar-refractivity contribution in [2.75, 3.05) is 0 Å². The van der Waals surface area contributed by atoms with E-state index in [1.807, 2.05) is 11.3 Å². The monoisotopic (exact) mass is 426 g/mol. The van der Waals surface area contributed by atoms with E-state index in [1.165, 1.54) is 46.8 Å². The Morgan fingerprint density at radius 3 is 2.76 bits per heavy atom. The standard InChI is InChI=1S/C16H16Br2N2S/c17-11-7-4-9(8-12(11)18)15(19-10-5-6-10)16-20-13-2-1-3-14(13)21-16/h4,7-8,10,15,19H,1-3,5-6H2. The number of aromatic nitrogens is 1. The lowest BCUT2D eigenvalue weighted by atomic mass is 10.1. The fourth-order valence-electron chi connectivity index (χ4n) is 2.82. The number of rotatable bonds is 4. The van der Waals surface area contributed by atoms with Crippen molar-refractivity contribution in [1.82, 2.24) is 10.3 Å². The van der Waals surface area contributed by atoms with Crippen LogP contribution in [0.1, 0.15) is 46.4 Å². The number of thiazole rings is 1. The molecule has 2 aromatic rings. The van der Waals surface area contributed by atoms with Crippen LogP contribution in [0.25, 0.3) is 0 Å². The molecule has 1 saturated carbocycles. The fraction of sp³-hybridized carbons (Fsp3) is 0.438. The number of nitrogens with zero attached hydrogens (tertiary/aromatic N) is 1. The highest BCUT2D eigenvalue weighted by molar-refractivity contribution is 9.13. The molecular formula is C16H16Br2N2S. The zero-order valence-corrected chi connectivity index (χ0v) is 15.5. The Kier molecular flexibility index (Phi) is 3.94. The first-order valence-corrected chi connectivity index (χ1v) is 9.80. The van der Waals surface area contributed by atoms with Gasteiger partial charge < -0.3 is 5.32 Å². The van der Waals surface area contributed by atoms with Crippen LogP contribution in [-0.4, -0.2) is 11.0 Å². The van der Waals surface area contributed by atoms with Crippen molar-refractivity contribution in [3.8, 4) is 0 Å². The molecule has 0 saturated heterocycles. The van der Waals surface area contributed by atoms with E-state index in [4.69, 9.17) is 4.98 Å². The van der Waals surface area contributed by atoms with Gasteiger partial charge in [-0.1, -0.05) is 6.07 Å². The molecule has 110 valence electrons. The molecular weight excluding hydrogens is 412 g/mol. The largest absolute Gasteiger partial charge is 0.301 e. The maximum absolute atomic E-state index is 4.93. The molecule has 1 heterocycles. The van der Waals surface area contributed by atoms with Crippen molar-refractivity contribution >= 4 is 43.2 Å². The summed E-state index contributed by atoms with van der Waals surface area (Å²) in [5.74, 6) is 0. The molecule has 1 aromatic heterocycles. The molecule has 1 aromatic carbocycles. The van der Waals surface area contributed by atoms with Crippen LogP contribution >= 0.6 is 43.2 Å². The maximum atomic E-state index is 4.93. The van der Waals surface area contributed by atoms with Crippen LogP contribution in [0.4, 0.5) is 0 Å². The third-order valence-electron chi connectivity index (χ3n) is 4.12. The zero-order chi connectivity index (χ0) is 14.4. The molecule has 0 spiro atoms. The van der Waals surface area contributed by atoms with Gasteiger partial charge in [-0.05, 0) is 81.7 Å². The minimum Gasteiger partial charge on any atom is -0.301 e. The number of aryl methyl sites for hydroxylation is 2. The maximum Gasteiger partial charge on any atom is 0.115 e. The predicted molar refractivity (Wildman–Crippen MR) is 94.0 cm³/mol. The highest BCUT2D eigenvalue weighted by atomic mass is 79.9. The van der Waals surface area contributed by atoms with Gasteiger partial charge in [-0.3, -0.25) is 0 Å². The van der Waals surface area contributed by atoms with Gasteiger partial charge in [-0.25, -0.2) is 4.98 Å². The Hall–Kier alpha value is -0.230. The Bertz CT molecular complexity index is 657. The Morgan fingerprint density at radius 2 is 2.05 bits per heavy atom. The summed E-state index contributed by atoms with van der Waals surface area (Å²) >= 11 is 9.08. The molecule has 5 heteroatoms. The van der Waals surface area contributed by atoms with Crippen LogP contribution in [0.3, 0.4) is 0 Å². The number of fused-ring (bicyclic) bond motifs is 1. The Labute approximate surface area is 145 Å². The summed E-state index contributed by atoms with van der Waals surface area (Å²) in [7, 11) is 0. The average molecular weight is 428 g/mol. The predicted octanol–water partition coefficient (Wildman–Crippen LogP) is 5.00. The molecule has 0 amide bonds. The lowest BCUT2D eigenvalue weighted by molar-refractivity contribution is 0.596. The fourth-order valence-corrected chi connectivity index (χ4v) is 4.71. The van der Waals surface area contributed by atoms with Crippen LogP contribution in [0.5, 0.6) is 0 Å². The van der Waals surface area contributed by atoms with Crippen molar-refractivity contribution in [3.63, 3.8) is 0 Å². The van der Waals surface area contributed by atoms with Crippen molar-refractivity contribution in [1.29, 1.82) is 0 Å². The van der Waals surface area contributed by atoms with Crippen molar-refractivity contribution in [2.45, 2.75) is 44.2 Å². The normalized spacial score (nSPS) is 18.8. The lowest BCUT2D eigenvalue weighted by Crippen LogP contribution is -2.24. The van der Waals surface area contributed by atoms with Crippen molar-refractivity contribution in [3.05, 3.63) is 48.3 Å². The topological polar surface area (TPSA) is 24.9 Å². The van der Waals surface area contributed by atoms with E-state index in [1.54, 1.807) is 0 Å². The van der Waals surface area contributed by atoms with Gasteiger partial charge in [0.25, 0.3) is 0 Å². The first-order chi connectivity index (χ1) is 10.2. The van der Waals surface area contributed by atoms with E-state index in [0.29, 0.717) is 6.04 Å². The zero-order valence-electron chi connectivity index (χ0n) is 11.5. The summed E-state index contributed by atoms with van der Waals surface area (Å²) in [6.07, 6.45) is 6.23. The van der Waals surface area contributed by atoms with E-state index in [9.17, 15) is 0 Å². The summed E-state index contributed by atoms with van der Waals surface area (Å²) in [4.78, 5) is 6.43. The molecule has 1 fully saturated rings. The van der Waals surface area contributed by atoms with Gasteiger partial charge in [0.05, 0.1) is 11.7 Å².